The van der Waals surface area contributed by atoms with Gasteiger partial charge in [0, 0.05) is 44.8 Å². The smallest absolute Gasteiger partial charge is 0.271 e. The molecule has 1 saturated heterocycles. The van der Waals surface area contributed by atoms with Gasteiger partial charge in [-0.2, -0.15) is 0 Å². The van der Waals surface area contributed by atoms with Crippen molar-refractivity contribution in [1.29, 1.82) is 0 Å². The van der Waals surface area contributed by atoms with E-state index in [1.807, 2.05) is 30.7 Å². The number of nitrogens with zero attached hydrogens (tertiary/aromatic N) is 6. The van der Waals surface area contributed by atoms with Gasteiger partial charge in [0.2, 0.25) is 0 Å². The predicted octanol–water partition coefficient (Wildman–Crippen LogP) is 2.45. The monoisotopic (exact) mass is 473 g/mol. The molecule has 1 aliphatic heterocycles. The number of imidazole rings is 1. The average Bonchev–Trinajstić information content (AvgIpc) is 3.26. The lowest BCUT2D eigenvalue weighted by Crippen LogP contribution is -2.36. The normalized spacial score (nSPS) is 13.7. The lowest BCUT2D eigenvalue weighted by Gasteiger charge is -2.29. The van der Waals surface area contributed by atoms with E-state index in [1.165, 1.54) is 0 Å². The molecule has 0 saturated carbocycles. The Morgan fingerprint density at radius 1 is 1.14 bits per heavy atom. The molecule has 0 unspecified atom stereocenters. The highest BCUT2D eigenvalue weighted by atomic mass is 16.5. The number of aromatic nitrogens is 5. The summed E-state index contributed by atoms with van der Waals surface area (Å²) in [5.74, 6) is 0.0571. The molecule has 180 valence electrons. The second-order valence-electron chi connectivity index (χ2n) is 8.37. The summed E-state index contributed by atoms with van der Waals surface area (Å²) < 4.78 is 7.32. The van der Waals surface area contributed by atoms with Crippen molar-refractivity contribution in [1.82, 2.24) is 24.5 Å². The fourth-order valence-electron chi connectivity index (χ4n) is 4.21. The molecule has 5 rings (SSSR count). The van der Waals surface area contributed by atoms with E-state index < -0.39 is 5.91 Å². The van der Waals surface area contributed by atoms with Crippen LogP contribution in [0.25, 0.3) is 22.3 Å². The Hall–Kier alpha value is -4.25. The minimum Gasteiger partial charge on any atom is -0.378 e. The van der Waals surface area contributed by atoms with E-state index >= 15 is 0 Å². The molecule has 1 aromatic carbocycles. The van der Waals surface area contributed by atoms with Crippen molar-refractivity contribution in [3.63, 3.8) is 0 Å². The number of nitrogens with one attached hydrogen (secondary N) is 2. The maximum atomic E-state index is 12.4. The van der Waals surface area contributed by atoms with Crippen LogP contribution in [0.4, 0.5) is 23.0 Å². The first-order valence-electron chi connectivity index (χ1n) is 11.3. The Kier molecular flexibility index (Phi) is 5.91. The standard InChI is InChI=1S/C24H27N9O2/c1-14-10-15(33-6-8-35-9-7-33)4-5-17(14)29-24-21(22(25)34)30-20(23(26-2)31-24)16-11-27-12-18-19(16)28-13-32(18)3/h4-5,10-13H,6-9H2,1-3H3,(H2,25,34)(H2,26,29,31). The highest BCUT2D eigenvalue weighted by Crippen LogP contribution is 2.33. The second-order valence-corrected chi connectivity index (χ2v) is 8.37. The van der Waals surface area contributed by atoms with Crippen molar-refractivity contribution < 1.29 is 9.53 Å². The van der Waals surface area contributed by atoms with Crippen LogP contribution in [0.1, 0.15) is 16.1 Å². The van der Waals surface area contributed by atoms with E-state index in [0.717, 1.165) is 48.8 Å². The maximum absolute atomic E-state index is 12.4. The van der Waals surface area contributed by atoms with Gasteiger partial charge >= 0.3 is 0 Å². The summed E-state index contributed by atoms with van der Waals surface area (Å²) >= 11 is 0. The molecule has 0 bridgehead atoms. The van der Waals surface area contributed by atoms with Gasteiger partial charge in [-0.25, -0.2) is 15.0 Å². The third-order valence-electron chi connectivity index (χ3n) is 6.10. The molecular formula is C24H27N9O2. The second kappa shape index (κ2) is 9.18. The van der Waals surface area contributed by atoms with E-state index in [2.05, 4.69) is 41.5 Å². The molecule has 1 aliphatic rings. The Bertz CT molecular complexity index is 1410. The Labute approximate surface area is 202 Å². The van der Waals surface area contributed by atoms with Crippen LogP contribution in [0.15, 0.2) is 36.9 Å². The van der Waals surface area contributed by atoms with Crippen LogP contribution in [0.2, 0.25) is 0 Å². The highest BCUT2D eigenvalue weighted by Gasteiger charge is 2.22. The summed E-state index contributed by atoms with van der Waals surface area (Å²) in [6.45, 7) is 5.15. The molecule has 4 heterocycles. The first kappa shape index (κ1) is 22.5. The highest BCUT2D eigenvalue weighted by molar-refractivity contribution is 5.99. The molecule has 0 aliphatic carbocycles. The number of benzene rings is 1. The van der Waals surface area contributed by atoms with Crippen molar-refractivity contribution in [2.45, 2.75) is 6.92 Å². The zero-order valence-corrected chi connectivity index (χ0v) is 19.9. The van der Waals surface area contributed by atoms with Crippen LogP contribution in [0.5, 0.6) is 0 Å². The Balaban J connectivity index is 1.54. The number of carbonyl (C=O) groups is 1. The zero-order valence-electron chi connectivity index (χ0n) is 19.9. The van der Waals surface area contributed by atoms with Crippen LogP contribution >= 0.6 is 0 Å². The number of primary amides is 1. The zero-order chi connectivity index (χ0) is 24.5. The largest absolute Gasteiger partial charge is 0.378 e. The third-order valence-corrected chi connectivity index (χ3v) is 6.10. The number of morpholine rings is 1. The number of pyridine rings is 1. The number of rotatable bonds is 6. The molecule has 1 amide bonds. The number of hydrogen-bond acceptors (Lipinski definition) is 9. The van der Waals surface area contributed by atoms with E-state index in [1.54, 1.807) is 25.8 Å². The summed E-state index contributed by atoms with van der Waals surface area (Å²) in [5.41, 5.74) is 11.3. The first-order chi connectivity index (χ1) is 17.0. The van der Waals surface area contributed by atoms with Crippen LogP contribution in [-0.4, -0.2) is 63.8 Å². The fraction of sp³-hybridized carbons (Fsp3) is 0.292. The van der Waals surface area contributed by atoms with Crippen molar-refractivity contribution in [3.8, 4) is 11.3 Å². The fourth-order valence-corrected chi connectivity index (χ4v) is 4.21. The number of nitrogens with two attached hydrogens (primary N) is 1. The van der Waals surface area contributed by atoms with Crippen LogP contribution in [0.3, 0.4) is 0 Å². The topological polar surface area (TPSA) is 136 Å². The van der Waals surface area contributed by atoms with Gasteiger partial charge in [-0.1, -0.05) is 0 Å². The van der Waals surface area contributed by atoms with E-state index in [0.29, 0.717) is 22.6 Å². The summed E-state index contributed by atoms with van der Waals surface area (Å²) in [4.78, 5) is 32.8. The van der Waals surface area contributed by atoms with Gasteiger partial charge in [-0.3, -0.25) is 9.78 Å². The van der Waals surface area contributed by atoms with Gasteiger partial charge in [-0.15, -0.1) is 0 Å². The molecule has 0 spiro atoms. The molecular weight excluding hydrogens is 446 g/mol. The molecule has 3 aromatic heterocycles. The average molecular weight is 474 g/mol. The first-order valence-corrected chi connectivity index (χ1v) is 11.3. The molecule has 1 fully saturated rings. The number of amides is 1. The van der Waals surface area contributed by atoms with Crippen molar-refractivity contribution in [2.24, 2.45) is 12.8 Å². The van der Waals surface area contributed by atoms with E-state index in [4.69, 9.17) is 10.5 Å². The van der Waals surface area contributed by atoms with Gasteiger partial charge in [0.1, 0.15) is 11.2 Å². The summed E-state index contributed by atoms with van der Waals surface area (Å²) in [7, 11) is 3.63. The molecule has 11 nitrogen and oxygen atoms in total. The quantitative estimate of drug-likeness (QED) is 0.386. The molecule has 35 heavy (non-hydrogen) atoms. The van der Waals surface area contributed by atoms with Gasteiger partial charge < -0.3 is 30.6 Å². The third kappa shape index (κ3) is 4.21. The molecule has 0 radical (unpaired) electrons. The minimum atomic E-state index is -0.687. The predicted molar refractivity (Wildman–Crippen MR) is 135 cm³/mol. The van der Waals surface area contributed by atoms with Gasteiger partial charge in [0.25, 0.3) is 5.91 Å². The molecule has 4 aromatic rings. The summed E-state index contributed by atoms with van der Waals surface area (Å²) in [6.07, 6.45) is 5.09. The number of aryl methyl sites for hydroxylation is 2. The Morgan fingerprint density at radius 2 is 1.94 bits per heavy atom. The number of anilines is 4. The lowest BCUT2D eigenvalue weighted by molar-refractivity contribution is 0.0996. The van der Waals surface area contributed by atoms with E-state index in [9.17, 15) is 4.79 Å². The van der Waals surface area contributed by atoms with Gasteiger partial charge in [0.05, 0.1) is 36.8 Å². The number of carbonyl (C=O) groups excluding carboxylic acids is 1. The number of hydrogen-bond donors (Lipinski definition) is 3. The molecule has 11 heteroatoms. The van der Waals surface area contributed by atoms with Crippen molar-refractivity contribution >= 4 is 40.0 Å². The number of ether oxygens (including phenoxy) is 1. The molecule has 4 N–H and O–H groups in total. The summed E-state index contributed by atoms with van der Waals surface area (Å²) in [6, 6.07) is 6.11. The summed E-state index contributed by atoms with van der Waals surface area (Å²) in [5, 5.41) is 6.33. The van der Waals surface area contributed by atoms with Gasteiger partial charge in [0.15, 0.2) is 17.3 Å². The molecule has 0 atom stereocenters. The van der Waals surface area contributed by atoms with E-state index in [-0.39, 0.29) is 11.5 Å². The Morgan fingerprint density at radius 3 is 2.66 bits per heavy atom. The van der Waals surface area contributed by atoms with Crippen molar-refractivity contribution in [2.75, 3.05) is 48.9 Å². The van der Waals surface area contributed by atoms with Crippen LogP contribution in [0, 0.1) is 6.92 Å². The van der Waals surface area contributed by atoms with Crippen molar-refractivity contribution in [3.05, 3.63) is 48.2 Å². The maximum Gasteiger partial charge on any atom is 0.271 e. The van der Waals surface area contributed by atoms with Crippen LogP contribution in [-0.2, 0) is 11.8 Å². The SMILES string of the molecule is CNc1nc(Nc2ccc(N3CCOCC3)cc2C)c(C(N)=O)nc1-c1cncc2c1ncn2C. The number of fused-ring (bicyclic) bond motifs is 1. The van der Waals surface area contributed by atoms with Gasteiger partial charge in [-0.05, 0) is 30.7 Å². The lowest BCUT2D eigenvalue weighted by atomic mass is 10.1. The minimum absolute atomic E-state index is 0.0311. The van der Waals surface area contributed by atoms with Crippen LogP contribution < -0.4 is 21.3 Å².